The number of alkyl carbamates (subject to hydrolysis) is 1. The fraction of sp³-hybridized carbons (Fsp3) is 0.600. The molecule has 5 nitrogen and oxygen atoms in total. The number of hydrogen-bond acceptors (Lipinski definition) is 3. The van der Waals surface area contributed by atoms with Gasteiger partial charge in [-0.2, -0.15) is 0 Å². The third-order valence-electron chi connectivity index (χ3n) is 4.00. The van der Waals surface area contributed by atoms with Gasteiger partial charge in [-0.15, -0.1) is 0 Å². The molecular formula is C15H22N2O3. The van der Waals surface area contributed by atoms with Crippen LogP contribution in [0.1, 0.15) is 26.2 Å². The van der Waals surface area contributed by atoms with Crippen molar-refractivity contribution in [2.75, 3.05) is 13.7 Å². The lowest BCUT2D eigenvalue weighted by Gasteiger charge is -2.31. The molecule has 0 spiro atoms. The summed E-state index contributed by atoms with van der Waals surface area (Å²) in [6.45, 7) is 2.82. The molecule has 2 amide bonds. The van der Waals surface area contributed by atoms with Crippen LogP contribution in [-0.2, 0) is 9.53 Å². The van der Waals surface area contributed by atoms with Crippen LogP contribution in [0.3, 0.4) is 0 Å². The number of rotatable bonds is 3. The van der Waals surface area contributed by atoms with Gasteiger partial charge in [0.15, 0.2) is 0 Å². The van der Waals surface area contributed by atoms with Gasteiger partial charge in [-0.05, 0) is 26.2 Å². The van der Waals surface area contributed by atoms with Crippen LogP contribution in [-0.4, -0.2) is 42.6 Å². The van der Waals surface area contributed by atoms with Crippen molar-refractivity contribution in [3.05, 3.63) is 24.3 Å². The molecule has 2 aliphatic rings. The van der Waals surface area contributed by atoms with E-state index in [2.05, 4.69) is 17.0 Å². The van der Waals surface area contributed by atoms with Crippen molar-refractivity contribution in [3.8, 4) is 0 Å². The second-order valence-electron chi connectivity index (χ2n) is 5.35. The molecule has 1 aliphatic heterocycles. The van der Waals surface area contributed by atoms with Crippen LogP contribution in [0.5, 0.6) is 0 Å². The number of amides is 2. The average molecular weight is 278 g/mol. The lowest BCUT2D eigenvalue weighted by atomic mass is 9.91. The van der Waals surface area contributed by atoms with Crippen LogP contribution >= 0.6 is 0 Å². The smallest absolute Gasteiger partial charge is 0.407 e. The highest BCUT2D eigenvalue weighted by atomic mass is 16.5. The summed E-state index contributed by atoms with van der Waals surface area (Å²) in [6.07, 6.45) is 10.1. The van der Waals surface area contributed by atoms with Gasteiger partial charge in [0.05, 0.1) is 7.11 Å². The van der Waals surface area contributed by atoms with Crippen LogP contribution in [0.2, 0.25) is 0 Å². The molecule has 0 bridgehead atoms. The Hall–Kier alpha value is -1.78. The molecule has 0 aromatic carbocycles. The van der Waals surface area contributed by atoms with Gasteiger partial charge in [0.2, 0.25) is 5.91 Å². The van der Waals surface area contributed by atoms with E-state index in [9.17, 15) is 9.59 Å². The summed E-state index contributed by atoms with van der Waals surface area (Å²) in [7, 11) is 1.31. The number of carbonyl (C=O) groups is 2. The van der Waals surface area contributed by atoms with Crippen molar-refractivity contribution in [1.82, 2.24) is 10.2 Å². The number of likely N-dealkylation sites (tertiary alicyclic amines) is 1. The summed E-state index contributed by atoms with van der Waals surface area (Å²) in [5, 5.41) is 2.70. The third kappa shape index (κ3) is 3.21. The number of hydrogen-bond donors (Lipinski definition) is 1. The first-order valence-corrected chi connectivity index (χ1v) is 7.11. The molecule has 0 aromatic heterocycles. The summed E-state index contributed by atoms with van der Waals surface area (Å²) in [5.74, 6) is -0.0234. The summed E-state index contributed by atoms with van der Waals surface area (Å²) in [5.41, 5.74) is 0. The maximum Gasteiger partial charge on any atom is 0.407 e. The van der Waals surface area contributed by atoms with Crippen LogP contribution < -0.4 is 5.32 Å². The van der Waals surface area contributed by atoms with E-state index in [4.69, 9.17) is 0 Å². The van der Waals surface area contributed by atoms with Crippen molar-refractivity contribution in [1.29, 1.82) is 0 Å². The average Bonchev–Trinajstić information content (AvgIpc) is 2.91. The van der Waals surface area contributed by atoms with Gasteiger partial charge in [0.25, 0.3) is 0 Å². The SMILES string of the molecule is COC(=O)N[C@@H](C(=O)N1CCC[C@H]1C)C1C=CC=CC1. The highest BCUT2D eigenvalue weighted by molar-refractivity contribution is 5.86. The first kappa shape index (κ1) is 14.6. The van der Waals surface area contributed by atoms with Gasteiger partial charge in [0.1, 0.15) is 6.04 Å². The number of allylic oxidation sites excluding steroid dienone is 3. The van der Waals surface area contributed by atoms with E-state index in [0.29, 0.717) is 0 Å². The lowest BCUT2D eigenvalue weighted by Crippen LogP contribution is -2.52. The molecule has 3 atom stereocenters. The Morgan fingerprint density at radius 3 is 2.75 bits per heavy atom. The summed E-state index contributed by atoms with van der Waals surface area (Å²) in [6, 6.07) is -0.309. The quantitative estimate of drug-likeness (QED) is 0.857. The summed E-state index contributed by atoms with van der Waals surface area (Å²) < 4.78 is 4.65. The highest BCUT2D eigenvalue weighted by Crippen LogP contribution is 2.23. The van der Waals surface area contributed by atoms with Gasteiger partial charge < -0.3 is 15.0 Å². The Bertz CT molecular complexity index is 431. The normalized spacial score (nSPS) is 26.4. The lowest BCUT2D eigenvalue weighted by molar-refractivity contribution is -0.134. The predicted molar refractivity (Wildman–Crippen MR) is 76.1 cm³/mol. The second-order valence-corrected chi connectivity index (χ2v) is 5.35. The Kier molecular flexibility index (Phi) is 4.82. The molecule has 0 saturated carbocycles. The second kappa shape index (κ2) is 6.59. The minimum atomic E-state index is -0.557. The molecule has 5 heteroatoms. The molecular weight excluding hydrogens is 256 g/mol. The van der Waals surface area contributed by atoms with Crippen LogP contribution in [0.4, 0.5) is 4.79 Å². The van der Waals surface area contributed by atoms with E-state index >= 15 is 0 Å². The molecule has 1 aliphatic carbocycles. The summed E-state index contributed by atoms with van der Waals surface area (Å²) >= 11 is 0. The molecule has 2 rings (SSSR count). The molecule has 20 heavy (non-hydrogen) atoms. The molecule has 1 heterocycles. The van der Waals surface area contributed by atoms with Crippen molar-refractivity contribution >= 4 is 12.0 Å². The minimum absolute atomic E-state index is 0.00894. The molecule has 0 aromatic rings. The van der Waals surface area contributed by atoms with Gasteiger partial charge in [-0.25, -0.2) is 4.79 Å². The van der Waals surface area contributed by atoms with E-state index in [1.54, 1.807) is 0 Å². The largest absolute Gasteiger partial charge is 0.453 e. The molecule has 1 saturated heterocycles. The molecule has 1 unspecified atom stereocenters. The van der Waals surface area contributed by atoms with E-state index in [0.717, 1.165) is 25.8 Å². The van der Waals surface area contributed by atoms with Crippen LogP contribution in [0, 0.1) is 5.92 Å². The number of methoxy groups -OCH3 is 1. The van der Waals surface area contributed by atoms with Crippen LogP contribution in [0.25, 0.3) is 0 Å². The zero-order chi connectivity index (χ0) is 14.5. The first-order valence-electron chi connectivity index (χ1n) is 7.11. The number of nitrogens with zero attached hydrogens (tertiary/aromatic N) is 1. The third-order valence-corrected chi connectivity index (χ3v) is 4.00. The molecule has 1 N–H and O–H groups in total. The standard InChI is InChI=1S/C15H22N2O3/c1-11-7-6-10-17(11)14(18)13(16-15(19)20-2)12-8-4-3-5-9-12/h3-5,8,11-13H,6-7,9-10H2,1-2H3,(H,16,19)/t11-,12?,13-/m1/s1. The van der Waals surface area contributed by atoms with Crippen molar-refractivity contribution in [2.45, 2.75) is 38.3 Å². The fourth-order valence-corrected chi connectivity index (χ4v) is 2.82. The van der Waals surface area contributed by atoms with E-state index in [1.807, 2.05) is 29.2 Å². The van der Waals surface area contributed by atoms with Crippen LogP contribution in [0.15, 0.2) is 24.3 Å². The Morgan fingerprint density at radius 1 is 1.40 bits per heavy atom. The topological polar surface area (TPSA) is 58.6 Å². The van der Waals surface area contributed by atoms with E-state index < -0.39 is 12.1 Å². The van der Waals surface area contributed by atoms with Crippen molar-refractivity contribution in [2.24, 2.45) is 5.92 Å². The molecule has 1 fully saturated rings. The zero-order valence-corrected chi connectivity index (χ0v) is 12.0. The number of nitrogens with one attached hydrogen (secondary N) is 1. The molecule has 0 radical (unpaired) electrons. The Balaban J connectivity index is 2.12. The van der Waals surface area contributed by atoms with E-state index in [-0.39, 0.29) is 17.9 Å². The zero-order valence-electron chi connectivity index (χ0n) is 12.0. The van der Waals surface area contributed by atoms with Gasteiger partial charge in [0, 0.05) is 18.5 Å². The Labute approximate surface area is 119 Å². The predicted octanol–water partition coefficient (Wildman–Crippen LogP) is 1.85. The number of carbonyl (C=O) groups excluding carboxylic acids is 2. The highest BCUT2D eigenvalue weighted by Gasteiger charge is 2.35. The maximum absolute atomic E-state index is 12.7. The minimum Gasteiger partial charge on any atom is -0.453 e. The summed E-state index contributed by atoms with van der Waals surface area (Å²) in [4.78, 5) is 26.1. The van der Waals surface area contributed by atoms with Gasteiger partial charge in [-0.1, -0.05) is 24.3 Å². The number of ether oxygens (including phenoxy) is 1. The van der Waals surface area contributed by atoms with Crippen molar-refractivity contribution < 1.29 is 14.3 Å². The fourth-order valence-electron chi connectivity index (χ4n) is 2.82. The first-order chi connectivity index (χ1) is 9.63. The Morgan fingerprint density at radius 2 is 2.20 bits per heavy atom. The van der Waals surface area contributed by atoms with E-state index in [1.165, 1.54) is 7.11 Å². The molecule has 110 valence electrons. The maximum atomic E-state index is 12.7. The van der Waals surface area contributed by atoms with Crippen molar-refractivity contribution in [3.63, 3.8) is 0 Å². The van der Waals surface area contributed by atoms with Gasteiger partial charge in [-0.3, -0.25) is 4.79 Å². The monoisotopic (exact) mass is 278 g/mol. The van der Waals surface area contributed by atoms with Gasteiger partial charge >= 0.3 is 6.09 Å².